The predicted octanol–water partition coefficient (Wildman–Crippen LogP) is 4.02. The molecule has 2 aromatic rings. The summed E-state index contributed by atoms with van der Waals surface area (Å²) >= 11 is 1.70. The number of rotatable bonds is 5. The van der Waals surface area contributed by atoms with E-state index in [1.807, 2.05) is 13.1 Å². The SMILES string of the molecule is CCNC1CCCc2c(OCc3cnc(C)s3)cccc21. The minimum Gasteiger partial charge on any atom is -0.488 e. The number of aryl methyl sites for hydroxylation is 1. The highest BCUT2D eigenvalue weighted by atomic mass is 32.1. The molecule has 4 heteroatoms. The summed E-state index contributed by atoms with van der Waals surface area (Å²) < 4.78 is 6.07. The van der Waals surface area contributed by atoms with E-state index in [2.05, 4.69) is 35.4 Å². The van der Waals surface area contributed by atoms with Crippen LogP contribution in [0.15, 0.2) is 24.4 Å². The Bertz CT molecular complexity index is 609. The highest BCUT2D eigenvalue weighted by Gasteiger charge is 2.22. The van der Waals surface area contributed by atoms with Crippen molar-refractivity contribution in [2.24, 2.45) is 0 Å². The average Bonchev–Trinajstić information content (AvgIpc) is 2.91. The van der Waals surface area contributed by atoms with Gasteiger partial charge in [0.1, 0.15) is 12.4 Å². The monoisotopic (exact) mass is 302 g/mol. The van der Waals surface area contributed by atoms with Crippen LogP contribution in [0.25, 0.3) is 0 Å². The van der Waals surface area contributed by atoms with Crippen molar-refractivity contribution in [3.05, 3.63) is 45.4 Å². The van der Waals surface area contributed by atoms with E-state index in [0.29, 0.717) is 12.6 Å². The molecule has 1 atom stereocenters. The fourth-order valence-corrected chi connectivity index (χ4v) is 3.74. The van der Waals surface area contributed by atoms with Crippen molar-refractivity contribution in [1.82, 2.24) is 10.3 Å². The standard InChI is InChI=1S/C17H22N2OS/c1-3-18-16-8-4-7-15-14(16)6-5-9-17(15)20-11-13-10-19-12(2)21-13/h5-6,9-10,16,18H,3-4,7-8,11H2,1-2H3. The summed E-state index contributed by atoms with van der Waals surface area (Å²) in [6.45, 7) is 5.82. The molecule has 1 aromatic heterocycles. The van der Waals surface area contributed by atoms with Crippen LogP contribution in [0.2, 0.25) is 0 Å². The van der Waals surface area contributed by atoms with Crippen molar-refractivity contribution in [1.29, 1.82) is 0 Å². The van der Waals surface area contributed by atoms with Gasteiger partial charge in [-0.25, -0.2) is 4.98 Å². The van der Waals surface area contributed by atoms with Crippen molar-refractivity contribution in [3.63, 3.8) is 0 Å². The van der Waals surface area contributed by atoms with Crippen LogP contribution >= 0.6 is 11.3 Å². The first-order valence-corrected chi connectivity index (χ1v) is 8.49. The third-order valence-corrected chi connectivity index (χ3v) is 4.84. The Kier molecular flexibility index (Phi) is 4.56. The minimum absolute atomic E-state index is 0.480. The topological polar surface area (TPSA) is 34.1 Å². The largest absolute Gasteiger partial charge is 0.488 e. The van der Waals surface area contributed by atoms with Gasteiger partial charge in [0.25, 0.3) is 0 Å². The maximum atomic E-state index is 6.07. The Morgan fingerprint density at radius 1 is 1.43 bits per heavy atom. The first-order chi connectivity index (χ1) is 10.3. The number of hydrogen-bond acceptors (Lipinski definition) is 4. The van der Waals surface area contributed by atoms with Crippen LogP contribution in [-0.2, 0) is 13.0 Å². The normalized spacial score (nSPS) is 17.5. The fourth-order valence-electron chi connectivity index (χ4n) is 3.03. The molecule has 0 aliphatic heterocycles. The first-order valence-electron chi connectivity index (χ1n) is 7.67. The zero-order valence-corrected chi connectivity index (χ0v) is 13.5. The Morgan fingerprint density at radius 3 is 3.10 bits per heavy atom. The molecule has 0 saturated heterocycles. The Labute approximate surface area is 130 Å². The van der Waals surface area contributed by atoms with E-state index in [4.69, 9.17) is 4.74 Å². The number of thiazole rings is 1. The molecule has 0 bridgehead atoms. The smallest absolute Gasteiger partial charge is 0.124 e. The van der Waals surface area contributed by atoms with Crippen LogP contribution in [0.5, 0.6) is 5.75 Å². The van der Waals surface area contributed by atoms with Crippen LogP contribution in [0.3, 0.4) is 0 Å². The van der Waals surface area contributed by atoms with Crippen LogP contribution < -0.4 is 10.1 Å². The zero-order valence-electron chi connectivity index (χ0n) is 12.7. The van der Waals surface area contributed by atoms with E-state index in [1.54, 1.807) is 11.3 Å². The van der Waals surface area contributed by atoms with Gasteiger partial charge in [0.2, 0.25) is 0 Å². The number of fused-ring (bicyclic) bond motifs is 1. The van der Waals surface area contributed by atoms with E-state index in [9.17, 15) is 0 Å². The van der Waals surface area contributed by atoms with Crippen LogP contribution in [-0.4, -0.2) is 11.5 Å². The highest BCUT2D eigenvalue weighted by molar-refractivity contribution is 7.11. The summed E-state index contributed by atoms with van der Waals surface area (Å²) in [4.78, 5) is 5.47. The molecule has 21 heavy (non-hydrogen) atoms. The van der Waals surface area contributed by atoms with Gasteiger partial charge in [0.15, 0.2) is 0 Å². The summed E-state index contributed by atoms with van der Waals surface area (Å²) in [5.41, 5.74) is 2.80. The summed E-state index contributed by atoms with van der Waals surface area (Å²) in [6, 6.07) is 6.93. The molecule has 1 heterocycles. The fraction of sp³-hybridized carbons (Fsp3) is 0.471. The molecule has 1 aromatic carbocycles. The Morgan fingerprint density at radius 2 is 2.33 bits per heavy atom. The van der Waals surface area contributed by atoms with Gasteiger partial charge in [-0.1, -0.05) is 19.1 Å². The second-order valence-electron chi connectivity index (χ2n) is 5.46. The molecule has 0 spiro atoms. The molecule has 1 N–H and O–H groups in total. The maximum absolute atomic E-state index is 6.07. The lowest BCUT2D eigenvalue weighted by atomic mass is 9.87. The van der Waals surface area contributed by atoms with Crippen molar-refractivity contribution in [2.45, 2.75) is 45.8 Å². The van der Waals surface area contributed by atoms with Gasteiger partial charge in [-0.15, -0.1) is 11.3 Å². The van der Waals surface area contributed by atoms with Crippen molar-refractivity contribution >= 4 is 11.3 Å². The summed E-state index contributed by atoms with van der Waals surface area (Å²) in [7, 11) is 0. The lowest BCUT2D eigenvalue weighted by Gasteiger charge is -2.27. The summed E-state index contributed by atoms with van der Waals surface area (Å²) in [6.07, 6.45) is 5.48. The summed E-state index contributed by atoms with van der Waals surface area (Å²) in [5, 5.41) is 4.67. The number of benzene rings is 1. The number of nitrogens with one attached hydrogen (secondary N) is 1. The second-order valence-corrected chi connectivity index (χ2v) is 6.78. The van der Waals surface area contributed by atoms with Crippen molar-refractivity contribution in [2.75, 3.05) is 6.54 Å². The van der Waals surface area contributed by atoms with Gasteiger partial charge in [0, 0.05) is 12.2 Å². The van der Waals surface area contributed by atoms with Gasteiger partial charge in [-0.3, -0.25) is 0 Å². The third-order valence-electron chi connectivity index (χ3n) is 3.95. The van der Waals surface area contributed by atoms with Crippen molar-refractivity contribution in [3.8, 4) is 5.75 Å². The van der Waals surface area contributed by atoms with Crippen molar-refractivity contribution < 1.29 is 4.74 Å². The molecule has 3 rings (SSSR count). The highest BCUT2D eigenvalue weighted by Crippen LogP contribution is 2.35. The average molecular weight is 302 g/mol. The van der Waals surface area contributed by atoms with E-state index in [1.165, 1.54) is 28.8 Å². The zero-order chi connectivity index (χ0) is 14.7. The number of ether oxygens (including phenoxy) is 1. The van der Waals surface area contributed by atoms with Gasteiger partial charge in [-0.05, 0) is 49.9 Å². The molecule has 112 valence electrons. The molecule has 0 amide bonds. The molecular weight excluding hydrogens is 280 g/mol. The molecule has 0 saturated carbocycles. The molecule has 1 aliphatic carbocycles. The quantitative estimate of drug-likeness (QED) is 0.906. The van der Waals surface area contributed by atoms with E-state index in [0.717, 1.165) is 23.7 Å². The van der Waals surface area contributed by atoms with Gasteiger partial charge >= 0.3 is 0 Å². The van der Waals surface area contributed by atoms with E-state index >= 15 is 0 Å². The number of nitrogens with zero attached hydrogens (tertiary/aromatic N) is 1. The van der Waals surface area contributed by atoms with Gasteiger partial charge in [-0.2, -0.15) is 0 Å². The number of aromatic nitrogens is 1. The van der Waals surface area contributed by atoms with Gasteiger partial charge in [0.05, 0.1) is 9.88 Å². The van der Waals surface area contributed by atoms with E-state index < -0.39 is 0 Å². The minimum atomic E-state index is 0.480. The molecule has 3 nitrogen and oxygen atoms in total. The Hall–Kier alpha value is -1.39. The molecule has 0 radical (unpaired) electrons. The van der Waals surface area contributed by atoms with Crippen LogP contribution in [0.1, 0.15) is 46.8 Å². The van der Waals surface area contributed by atoms with Crippen LogP contribution in [0.4, 0.5) is 0 Å². The maximum Gasteiger partial charge on any atom is 0.124 e. The molecule has 1 unspecified atom stereocenters. The molecule has 0 fully saturated rings. The van der Waals surface area contributed by atoms with E-state index in [-0.39, 0.29) is 0 Å². The predicted molar refractivity (Wildman–Crippen MR) is 87.0 cm³/mol. The first kappa shape index (κ1) is 14.5. The lowest BCUT2D eigenvalue weighted by molar-refractivity contribution is 0.302. The van der Waals surface area contributed by atoms with Gasteiger partial charge < -0.3 is 10.1 Å². The molecular formula is C17H22N2OS. The second kappa shape index (κ2) is 6.58. The van der Waals surface area contributed by atoms with Crippen LogP contribution in [0, 0.1) is 6.92 Å². The molecule has 1 aliphatic rings. The summed E-state index contributed by atoms with van der Waals surface area (Å²) in [5.74, 6) is 1.04. The lowest BCUT2D eigenvalue weighted by Crippen LogP contribution is -2.25. The third kappa shape index (κ3) is 3.27. The number of hydrogen-bond donors (Lipinski definition) is 1. The Balaban J connectivity index is 1.78.